The van der Waals surface area contributed by atoms with Gasteiger partial charge in [0.25, 0.3) is 0 Å². The molecule has 0 bridgehead atoms. The van der Waals surface area contributed by atoms with Crippen molar-refractivity contribution in [3.05, 3.63) is 60.4 Å². The van der Waals surface area contributed by atoms with Gasteiger partial charge in [0.05, 0.1) is 18.8 Å². The standard InChI is InChI=1S/C19H20N2O3/c1-13(18-12-14-8-4-6-10-16(14)24-18)21(2)19(22)20-15-9-5-7-11-17(15)23-3/h4-13H,1-3H3,(H,20,22)/t13-/m0/s1. The maximum atomic E-state index is 12.5. The van der Waals surface area contributed by atoms with Crippen molar-refractivity contribution in [3.8, 4) is 5.75 Å². The average Bonchev–Trinajstić information content (AvgIpc) is 3.05. The molecular weight excluding hydrogens is 304 g/mol. The molecule has 3 aromatic rings. The number of carbonyl (C=O) groups excluding carboxylic acids is 1. The van der Waals surface area contributed by atoms with Crippen molar-refractivity contribution in [2.75, 3.05) is 19.5 Å². The number of benzene rings is 2. The van der Waals surface area contributed by atoms with Gasteiger partial charge in [0.2, 0.25) is 0 Å². The Kier molecular flexibility index (Phi) is 4.42. The quantitative estimate of drug-likeness (QED) is 0.759. The first-order chi connectivity index (χ1) is 11.6. The Hall–Kier alpha value is -2.95. The van der Waals surface area contributed by atoms with Crippen molar-refractivity contribution >= 4 is 22.7 Å². The number of furan rings is 1. The van der Waals surface area contributed by atoms with E-state index in [0.29, 0.717) is 11.4 Å². The molecule has 0 saturated carbocycles. The zero-order chi connectivity index (χ0) is 17.1. The van der Waals surface area contributed by atoms with Crippen LogP contribution in [0.15, 0.2) is 59.0 Å². The fourth-order valence-corrected chi connectivity index (χ4v) is 2.53. The van der Waals surface area contributed by atoms with Crippen molar-refractivity contribution in [2.45, 2.75) is 13.0 Å². The normalized spacial score (nSPS) is 12.0. The van der Waals surface area contributed by atoms with Gasteiger partial charge in [0.15, 0.2) is 0 Å². The molecule has 2 amide bonds. The van der Waals surface area contributed by atoms with E-state index in [1.54, 1.807) is 31.2 Å². The van der Waals surface area contributed by atoms with Crippen LogP contribution in [0.5, 0.6) is 5.75 Å². The second-order valence-corrected chi connectivity index (χ2v) is 5.60. The van der Waals surface area contributed by atoms with Gasteiger partial charge in [-0.05, 0) is 31.2 Å². The fraction of sp³-hybridized carbons (Fsp3) is 0.211. The Labute approximate surface area is 140 Å². The zero-order valence-corrected chi connectivity index (χ0v) is 13.9. The number of para-hydroxylation sites is 3. The van der Waals surface area contributed by atoms with Crippen molar-refractivity contribution in [2.24, 2.45) is 0 Å². The average molecular weight is 324 g/mol. The van der Waals surface area contributed by atoms with Crippen molar-refractivity contribution < 1.29 is 13.9 Å². The van der Waals surface area contributed by atoms with Crippen LogP contribution in [0.1, 0.15) is 18.7 Å². The molecule has 5 heteroatoms. The monoisotopic (exact) mass is 324 g/mol. The third-order valence-electron chi connectivity index (χ3n) is 4.11. The minimum Gasteiger partial charge on any atom is -0.495 e. The van der Waals surface area contributed by atoms with E-state index in [0.717, 1.165) is 16.7 Å². The van der Waals surface area contributed by atoms with Crippen molar-refractivity contribution in [3.63, 3.8) is 0 Å². The van der Waals surface area contributed by atoms with E-state index in [9.17, 15) is 4.79 Å². The fourth-order valence-electron chi connectivity index (χ4n) is 2.53. The van der Waals surface area contributed by atoms with E-state index in [-0.39, 0.29) is 12.1 Å². The van der Waals surface area contributed by atoms with Crippen LogP contribution >= 0.6 is 0 Å². The summed E-state index contributed by atoms with van der Waals surface area (Å²) in [6, 6.07) is 16.6. The molecule has 0 aliphatic rings. The molecule has 1 heterocycles. The zero-order valence-electron chi connectivity index (χ0n) is 13.9. The van der Waals surface area contributed by atoms with Crippen LogP contribution < -0.4 is 10.1 Å². The van der Waals surface area contributed by atoms with Gasteiger partial charge in [-0.2, -0.15) is 0 Å². The summed E-state index contributed by atoms with van der Waals surface area (Å²) in [5, 5.41) is 3.89. The summed E-state index contributed by atoms with van der Waals surface area (Å²) in [6.45, 7) is 1.93. The Balaban J connectivity index is 1.77. The first-order valence-electron chi connectivity index (χ1n) is 7.75. The highest BCUT2D eigenvalue weighted by Gasteiger charge is 2.21. The second-order valence-electron chi connectivity index (χ2n) is 5.60. The van der Waals surface area contributed by atoms with Crippen LogP contribution in [0.25, 0.3) is 11.0 Å². The molecule has 0 spiro atoms. The number of carbonyl (C=O) groups is 1. The lowest BCUT2D eigenvalue weighted by molar-refractivity contribution is 0.201. The number of fused-ring (bicyclic) bond motifs is 1. The number of amides is 2. The van der Waals surface area contributed by atoms with E-state index in [4.69, 9.17) is 9.15 Å². The van der Waals surface area contributed by atoms with E-state index in [1.165, 1.54) is 0 Å². The largest absolute Gasteiger partial charge is 0.495 e. The summed E-state index contributed by atoms with van der Waals surface area (Å²) in [5.41, 5.74) is 1.45. The lowest BCUT2D eigenvalue weighted by Crippen LogP contribution is -2.33. The highest BCUT2D eigenvalue weighted by molar-refractivity contribution is 5.91. The molecule has 2 aromatic carbocycles. The van der Waals surface area contributed by atoms with E-state index in [2.05, 4.69) is 5.32 Å². The van der Waals surface area contributed by atoms with Crippen molar-refractivity contribution in [1.29, 1.82) is 0 Å². The van der Waals surface area contributed by atoms with Gasteiger partial charge in [0, 0.05) is 12.4 Å². The summed E-state index contributed by atoms with van der Waals surface area (Å²) in [7, 11) is 3.31. The third kappa shape index (κ3) is 3.06. The van der Waals surface area contributed by atoms with Crippen LogP contribution in [0, 0.1) is 0 Å². The Morgan fingerprint density at radius 1 is 1.17 bits per heavy atom. The maximum Gasteiger partial charge on any atom is 0.322 e. The van der Waals surface area contributed by atoms with Crippen LogP contribution in [0.4, 0.5) is 10.5 Å². The van der Waals surface area contributed by atoms with Gasteiger partial charge >= 0.3 is 6.03 Å². The lowest BCUT2D eigenvalue weighted by atomic mass is 10.2. The molecule has 1 atom stereocenters. The molecular formula is C19H20N2O3. The van der Waals surface area contributed by atoms with Crippen molar-refractivity contribution in [1.82, 2.24) is 4.90 Å². The predicted molar refractivity (Wildman–Crippen MR) is 94.4 cm³/mol. The van der Waals surface area contributed by atoms with E-state index in [1.807, 2.05) is 49.4 Å². The van der Waals surface area contributed by atoms with Crippen LogP contribution in [0.3, 0.4) is 0 Å². The lowest BCUT2D eigenvalue weighted by Gasteiger charge is -2.24. The molecule has 5 nitrogen and oxygen atoms in total. The van der Waals surface area contributed by atoms with Gasteiger partial charge in [0.1, 0.15) is 17.1 Å². The molecule has 0 saturated heterocycles. The first-order valence-corrected chi connectivity index (χ1v) is 7.75. The number of hydrogen-bond acceptors (Lipinski definition) is 3. The van der Waals surface area contributed by atoms with Crippen LogP contribution in [-0.4, -0.2) is 25.1 Å². The number of urea groups is 1. The van der Waals surface area contributed by atoms with Crippen LogP contribution in [-0.2, 0) is 0 Å². The van der Waals surface area contributed by atoms with E-state index >= 15 is 0 Å². The highest BCUT2D eigenvalue weighted by atomic mass is 16.5. The topological polar surface area (TPSA) is 54.7 Å². The smallest absolute Gasteiger partial charge is 0.322 e. The highest BCUT2D eigenvalue weighted by Crippen LogP contribution is 2.28. The number of rotatable bonds is 4. The Morgan fingerprint density at radius 3 is 2.62 bits per heavy atom. The predicted octanol–water partition coefficient (Wildman–Crippen LogP) is 4.67. The minimum absolute atomic E-state index is 0.202. The molecule has 0 aliphatic heterocycles. The van der Waals surface area contributed by atoms with Gasteiger partial charge in [-0.3, -0.25) is 0 Å². The molecule has 0 aliphatic carbocycles. The Bertz CT molecular complexity index is 823. The molecule has 124 valence electrons. The van der Waals surface area contributed by atoms with Crippen LogP contribution in [0.2, 0.25) is 0 Å². The molecule has 1 N–H and O–H groups in total. The number of ether oxygens (including phenoxy) is 1. The first kappa shape index (κ1) is 15.9. The molecule has 0 fully saturated rings. The molecule has 1 aromatic heterocycles. The summed E-state index contributed by atoms with van der Waals surface area (Å²) in [5.74, 6) is 1.37. The maximum absolute atomic E-state index is 12.5. The summed E-state index contributed by atoms with van der Waals surface area (Å²) in [6.07, 6.45) is 0. The summed E-state index contributed by atoms with van der Waals surface area (Å²) < 4.78 is 11.1. The van der Waals surface area contributed by atoms with E-state index < -0.39 is 0 Å². The number of nitrogens with one attached hydrogen (secondary N) is 1. The summed E-state index contributed by atoms with van der Waals surface area (Å²) >= 11 is 0. The van der Waals surface area contributed by atoms with Gasteiger partial charge < -0.3 is 19.4 Å². The second kappa shape index (κ2) is 6.66. The van der Waals surface area contributed by atoms with Gasteiger partial charge in [-0.1, -0.05) is 30.3 Å². The number of anilines is 1. The Morgan fingerprint density at radius 2 is 1.88 bits per heavy atom. The molecule has 0 radical (unpaired) electrons. The number of methoxy groups -OCH3 is 1. The number of nitrogens with zero attached hydrogens (tertiary/aromatic N) is 1. The SMILES string of the molecule is COc1ccccc1NC(=O)N(C)[C@@H](C)c1cc2ccccc2o1. The molecule has 24 heavy (non-hydrogen) atoms. The number of hydrogen-bond donors (Lipinski definition) is 1. The molecule has 0 unspecified atom stereocenters. The molecule has 3 rings (SSSR count). The van der Waals surface area contributed by atoms with Gasteiger partial charge in [-0.25, -0.2) is 4.79 Å². The third-order valence-corrected chi connectivity index (χ3v) is 4.11. The minimum atomic E-state index is -0.229. The summed E-state index contributed by atoms with van der Waals surface area (Å²) in [4.78, 5) is 14.1. The van der Waals surface area contributed by atoms with Gasteiger partial charge in [-0.15, -0.1) is 0 Å².